The van der Waals surface area contributed by atoms with Crippen LogP contribution in [-0.2, 0) is 28.6 Å². The van der Waals surface area contributed by atoms with Gasteiger partial charge in [0.25, 0.3) is 0 Å². The van der Waals surface area contributed by atoms with Crippen LogP contribution in [0.1, 0.15) is 136 Å². The maximum Gasteiger partial charge on any atom is 0.308 e. The van der Waals surface area contributed by atoms with Crippen LogP contribution in [0.25, 0.3) is 0 Å². The summed E-state index contributed by atoms with van der Waals surface area (Å²) in [5.74, 6) is -2.35. The Morgan fingerprint density at radius 1 is 0.490 bits per heavy atom. The zero-order valence-electron chi connectivity index (χ0n) is 30.9. The van der Waals surface area contributed by atoms with Gasteiger partial charge in [-0.15, -0.1) is 0 Å². The van der Waals surface area contributed by atoms with Gasteiger partial charge in [-0.1, -0.05) is 65.7 Å². The average Bonchev–Trinajstić information content (AvgIpc) is 3.05. The van der Waals surface area contributed by atoms with E-state index >= 15 is 0 Å². The van der Waals surface area contributed by atoms with E-state index < -0.39 is 105 Å². The van der Waals surface area contributed by atoms with Crippen LogP contribution < -0.4 is 0 Å². The second-order valence-corrected chi connectivity index (χ2v) is 13.6. The Morgan fingerprint density at radius 2 is 0.882 bits per heavy atom. The molecule has 0 fully saturated rings. The highest BCUT2D eigenvalue weighted by Crippen LogP contribution is 2.20. The Hall–Kier alpha value is -1.95. The van der Waals surface area contributed by atoms with E-state index in [-0.39, 0.29) is 25.7 Å². The predicted octanol–water partition coefficient (Wildman–Crippen LogP) is 1.31. The molecule has 0 aromatic carbocycles. The maximum atomic E-state index is 12.8. The molecule has 9 N–H and O–H groups in total. The fourth-order valence-electron chi connectivity index (χ4n) is 5.56. The van der Waals surface area contributed by atoms with E-state index in [1.807, 2.05) is 20.8 Å². The standard InChI is InChI=1S/C36H68O15/c1-4-7-10-13-24(38)16-25(39)20-33(45)50-29(15-12-9-6-3)18-27(41)21-34(46)51-28(14-11-8-5-2)17-26(40)19-32(44)49-23-31(43)36(48)35(47)30(42)22-37/h24-31,35-43,47-48H,4-23H2,1-3H3/t24?,25?,26?,27?,28?,29?,30-,31-,35-,36-/m1/s1. The van der Waals surface area contributed by atoms with Crippen LogP contribution in [0.5, 0.6) is 0 Å². The van der Waals surface area contributed by atoms with Crippen molar-refractivity contribution in [3.05, 3.63) is 0 Å². The fourth-order valence-corrected chi connectivity index (χ4v) is 5.56. The number of carbonyl (C=O) groups excluding carboxylic acids is 3. The van der Waals surface area contributed by atoms with Crippen molar-refractivity contribution in [1.29, 1.82) is 0 Å². The van der Waals surface area contributed by atoms with Gasteiger partial charge in [0, 0.05) is 12.8 Å². The van der Waals surface area contributed by atoms with Crippen LogP contribution >= 0.6 is 0 Å². The molecule has 0 saturated heterocycles. The quantitative estimate of drug-likeness (QED) is 0.0268. The highest BCUT2D eigenvalue weighted by Gasteiger charge is 2.31. The van der Waals surface area contributed by atoms with Gasteiger partial charge in [0.1, 0.15) is 43.2 Å². The summed E-state index contributed by atoms with van der Waals surface area (Å²) in [5, 5.41) is 89.5. The molecule has 0 spiro atoms. The van der Waals surface area contributed by atoms with E-state index in [9.17, 15) is 55.2 Å². The van der Waals surface area contributed by atoms with Crippen LogP contribution in [0.2, 0.25) is 0 Å². The third-order valence-electron chi connectivity index (χ3n) is 8.56. The van der Waals surface area contributed by atoms with Crippen LogP contribution in [0.3, 0.4) is 0 Å². The third kappa shape index (κ3) is 24.8. The zero-order valence-corrected chi connectivity index (χ0v) is 30.9. The van der Waals surface area contributed by atoms with Crippen LogP contribution in [0.15, 0.2) is 0 Å². The van der Waals surface area contributed by atoms with Crippen molar-refractivity contribution in [1.82, 2.24) is 0 Å². The van der Waals surface area contributed by atoms with Gasteiger partial charge in [0.2, 0.25) is 0 Å². The Morgan fingerprint density at radius 3 is 1.31 bits per heavy atom. The molecule has 0 bridgehead atoms. The van der Waals surface area contributed by atoms with Crippen molar-refractivity contribution >= 4 is 17.9 Å². The number of aliphatic hydroxyl groups excluding tert-OH is 9. The number of hydrogen-bond donors (Lipinski definition) is 9. The smallest absolute Gasteiger partial charge is 0.308 e. The summed E-state index contributed by atoms with van der Waals surface area (Å²) in [7, 11) is 0. The van der Waals surface area contributed by atoms with E-state index in [1.165, 1.54) is 0 Å². The average molecular weight is 741 g/mol. The summed E-state index contributed by atoms with van der Waals surface area (Å²) < 4.78 is 16.0. The highest BCUT2D eigenvalue weighted by molar-refractivity contribution is 5.71. The van der Waals surface area contributed by atoms with Crippen LogP contribution in [0, 0.1) is 0 Å². The molecule has 0 aliphatic carbocycles. The lowest BCUT2D eigenvalue weighted by atomic mass is 10.0. The van der Waals surface area contributed by atoms with E-state index in [1.54, 1.807) is 0 Å². The van der Waals surface area contributed by atoms with Gasteiger partial charge < -0.3 is 60.2 Å². The van der Waals surface area contributed by atoms with Crippen LogP contribution in [0.4, 0.5) is 0 Å². The monoisotopic (exact) mass is 740 g/mol. The number of rotatable bonds is 32. The lowest BCUT2D eigenvalue weighted by molar-refractivity contribution is -0.159. The van der Waals surface area contributed by atoms with Gasteiger partial charge in [-0.25, -0.2) is 0 Å². The number of carbonyl (C=O) groups is 3. The maximum absolute atomic E-state index is 12.8. The lowest BCUT2D eigenvalue weighted by Gasteiger charge is -2.25. The van der Waals surface area contributed by atoms with Crippen molar-refractivity contribution in [3.63, 3.8) is 0 Å². The third-order valence-corrected chi connectivity index (χ3v) is 8.56. The molecule has 0 amide bonds. The first kappa shape index (κ1) is 49.0. The molecule has 10 atom stereocenters. The fraction of sp³-hybridized carbons (Fsp3) is 0.917. The molecule has 0 aliphatic rings. The molecule has 15 heteroatoms. The van der Waals surface area contributed by atoms with Gasteiger partial charge in [-0.05, 0) is 38.5 Å². The summed E-state index contributed by atoms with van der Waals surface area (Å²) in [4.78, 5) is 37.7. The molecule has 6 unspecified atom stereocenters. The molecule has 0 rings (SSSR count). The van der Waals surface area contributed by atoms with Gasteiger partial charge in [0.05, 0.1) is 50.3 Å². The normalized spacial score (nSPS) is 17.6. The Labute approximate surface area is 302 Å². The first-order valence-electron chi connectivity index (χ1n) is 18.8. The zero-order chi connectivity index (χ0) is 38.8. The number of hydrogen-bond acceptors (Lipinski definition) is 15. The second kappa shape index (κ2) is 29.5. The second-order valence-electron chi connectivity index (χ2n) is 13.6. The summed E-state index contributed by atoms with van der Waals surface area (Å²) in [6.45, 7) is 4.43. The molecule has 0 aliphatic heterocycles. The minimum atomic E-state index is -1.92. The van der Waals surface area contributed by atoms with Crippen molar-refractivity contribution in [2.24, 2.45) is 0 Å². The minimum Gasteiger partial charge on any atom is -0.463 e. The summed E-state index contributed by atoms with van der Waals surface area (Å²) in [6, 6.07) is 0. The Kier molecular flexibility index (Phi) is 28.4. The summed E-state index contributed by atoms with van der Waals surface area (Å²) in [6.07, 6.45) is -5.43. The van der Waals surface area contributed by atoms with Gasteiger partial charge in [0.15, 0.2) is 0 Å². The number of esters is 3. The molecule has 15 nitrogen and oxygen atoms in total. The number of ether oxygens (including phenoxy) is 3. The minimum absolute atomic E-state index is 0.0359. The Bertz CT molecular complexity index is 906. The first-order chi connectivity index (χ1) is 24.2. The van der Waals surface area contributed by atoms with Crippen molar-refractivity contribution < 1.29 is 74.6 Å². The van der Waals surface area contributed by atoms with E-state index in [4.69, 9.17) is 19.3 Å². The molecular weight excluding hydrogens is 672 g/mol. The number of aliphatic hydroxyl groups is 9. The molecular formula is C36H68O15. The predicted molar refractivity (Wildman–Crippen MR) is 186 cm³/mol. The molecule has 0 aromatic rings. The van der Waals surface area contributed by atoms with Crippen molar-refractivity contribution in [3.8, 4) is 0 Å². The molecule has 302 valence electrons. The van der Waals surface area contributed by atoms with E-state index in [0.29, 0.717) is 25.7 Å². The Balaban J connectivity index is 5.08. The molecule has 0 heterocycles. The largest absolute Gasteiger partial charge is 0.463 e. The van der Waals surface area contributed by atoms with Gasteiger partial charge in [-0.2, -0.15) is 0 Å². The molecule has 0 radical (unpaired) electrons. The molecule has 0 aromatic heterocycles. The number of unbranched alkanes of at least 4 members (excludes halogenated alkanes) is 6. The van der Waals surface area contributed by atoms with E-state index in [2.05, 4.69) is 0 Å². The SMILES string of the molecule is CCCCCC(O)CC(O)CC(=O)OC(CCCCC)CC(O)CC(=O)OC(CCCCC)CC(O)CC(=O)OC[C@@H](O)[C@@H](O)[C@H](O)[C@H](O)CO. The van der Waals surface area contributed by atoms with Crippen LogP contribution in [-0.4, -0.2) is 138 Å². The van der Waals surface area contributed by atoms with Crippen molar-refractivity contribution in [2.75, 3.05) is 13.2 Å². The lowest BCUT2D eigenvalue weighted by Crippen LogP contribution is -2.47. The highest BCUT2D eigenvalue weighted by atomic mass is 16.6. The van der Waals surface area contributed by atoms with Gasteiger partial charge >= 0.3 is 17.9 Å². The topological polar surface area (TPSA) is 261 Å². The first-order valence-corrected chi connectivity index (χ1v) is 18.8. The molecule has 51 heavy (non-hydrogen) atoms. The summed E-state index contributed by atoms with van der Waals surface area (Å²) >= 11 is 0. The molecule has 0 saturated carbocycles. The van der Waals surface area contributed by atoms with Gasteiger partial charge in [-0.3, -0.25) is 14.4 Å². The van der Waals surface area contributed by atoms with E-state index in [0.717, 1.165) is 51.4 Å². The van der Waals surface area contributed by atoms with Crippen molar-refractivity contribution in [2.45, 2.75) is 197 Å². The summed E-state index contributed by atoms with van der Waals surface area (Å²) in [5.41, 5.74) is 0.